The highest BCUT2D eigenvalue weighted by atomic mass is 19.1. The number of rotatable bonds is 5. The van der Waals surface area contributed by atoms with Gasteiger partial charge in [0.1, 0.15) is 17.7 Å². The molecule has 1 heterocycles. The summed E-state index contributed by atoms with van der Waals surface area (Å²) in [6.45, 7) is 5.83. The minimum absolute atomic E-state index is 0.0700. The Bertz CT molecular complexity index is 454. The van der Waals surface area contributed by atoms with E-state index in [1.807, 2.05) is 13.8 Å². The number of likely N-dealkylation sites (tertiary alicyclic amines) is 1. The van der Waals surface area contributed by atoms with Crippen LogP contribution in [0.25, 0.3) is 0 Å². The zero-order chi connectivity index (χ0) is 14.8. The van der Waals surface area contributed by atoms with Crippen LogP contribution in [0.4, 0.5) is 8.78 Å². The van der Waals surface area contributed by atoms with Crippen molar-refractivity contribution in [2.24, 2.45) is 0 Å². The van der Waals surface area contributed by atoms with Crippen molar-refractivity contribution < 1.29 is 13.9 Å². The smallest absolute Gasteiger partial charge is 0.129 e. The molecule has 0 bridgehead atoms. The Labute approximate surface area is 119 Å². The maximum Gasteiger partial charge on any atom is 0.129 e. The van der Waals surface area contributed by atoms with Crippen LogP contribution in [-0.2, 0) is 0 Å². The Morgan fingerprint density at radius 3 is 2.35 bits per heavy atom. The zero-order valence-corrected chi connectivity index (χ0v) is 12.2. The predicted molar refractivity (Wildman–Crippen MR) is 75.4 cm³/mol. The van der Waals surface area contributed by atoms with E-state index in [1.165, 1.54) is 0 Å². The molecule has 1 aliphatic heterocycles. The van der Waals surface area contributed by atoms with Crippen molar-refractivity contribution in [1.82, 2.24) is 4.90 Å². The van der Waals surface area contributed by atoms with Crippen LogP contribution < -0.4 is 0 Å². The van der Waals surface area contributed by atoms with Gasteiger partial charge in [0.2, 0.25) is 0 Å². The van der Waals surface area contributed by atoms with E-state index < -0.39 is 23.3 Å². The van der Waals surface area contributed by atoms with E-state index in [0.717, 1.165) is 44.1 Å². The molecule has 0 aromatic heterocycles. The number of benzene rings is 1. The van der Waals surface area contributed by atoms with Crippen molar-refractivity contribution in [3.05, 3.63) is 35.4 Å². The van der Waals surface area contributed by atoms with E-state index >= 15 is 0 Å². The molecule has 2 nitrogen and oxygen atoms in total. The first-order valence-corrected chi connectivity index (χ1v) is 7.43. The summed E-state index contributed by atoms with van der Waals surface area (Å²) in [4.78, 5) is 2.24. The van der Waals surface area contributed by atoms with Gasteiger partial charge in [0.05, 0.1) is 5.54 Å². The van der Waals surface area contributed by atoms with Crippen LogP contribution in [0.5, 0.6) is 0 Å². The Kier molecular flexibility index (Phi) is 4.76. The summed E-state index contributed by atoms with van der Waals surface area (Å²) in [6, 6.07) is 3.30. The molecule has 20 heavy (non-hydrogen) atoms. The average Bonchev–Trinajstić information content (AvgIpc) is 2.98. The first-order chi connectivity index (χ1) is 9.55. The Hall–Kier alpha value is -1.00. The summed E-state index contributed by atoms with van der Waals surface area (Å²) in [5.41, 5.74) is -0.439. The summed E-state index contributed by atoms with van der Waals surface area (Å²) in [7, 11) is 0. The number of hydrogen-bond acceptors (Lipinski definition) is 2. The summed E-state index contributed by atoms with van der Waals surface area (Å²) in [5.74, 6) is -1.05. The fraction of sp³-hybridized carbons (Fsp3) is 0.625. The Morgan fingerprint density at radius 2 is 1.80 bits per heavy atom. The van der Waals surface area contributed by atoms with Gasteiger partial charge in [0, 0.05) is 5.56 Å². The molecule has 4 heteroatoms. The number of aliphatic hydroxyl groups excluding tert-OH is 1. The molecule has 1 atom stereocenters. The summed E-state index contributed by atoms with van der Waals surface area (Å²) >= 11 is 0. The molecule has 0 spiro atoms. The Morgan fingerprint density at radius 1 is 1.20 bits per heavy atom. The lowest BCUT2D eigenvalue weighted by Gasteiger charge is -2.44. The fourth-order valence-electron chi connectivity index (χ4n) is 3.43. The normalized spacial score (nSPS) is 18.4. The molecular weight excluding hydrogens is 260 g/mol. The maximum atomic E-state index is 14.0. The summed E-state index contributed by atoms with van der Waals surface area (Å²) in [6.07, 6.45) is 2.60. The monoisotopic (exact) mass is 283 g/mol. The predicted octanol–water partition coefficient (Wildman–Crippen LogP) is 3.65. The van der Waals surface area contributed by atoms with Gasteiger partial charge in [-0.25, -0.2) is 8.78 Å². The SMILES string of the molecule is CCC(CC)(C(O)c1cc(F)ccc1F)N1CCCC1. The number of halogens is 2. The molecule has 1 N–H and O–H groups in total. The average molecular weight is 283 g/mol. The van der Waals surface area contributed by atoms with Crippen LogP contribution >= 0.6 is 0 Å². The lowest BCUT2D eigenvalue weighted by atomic mass is 9.81. The lowest BCUT2D eigenvalue weighted by molar-refractivity contribution is -0.0313. The van der Waals surface area contributed by atoms with Crippen LogP contribution in [0.2, 0.25) is 0 Å². The van der Waals surface area contributed by atoms with Crippen molar-refractivity contribution in [1.29, 1.82) is 0 Å². The highest BCUT2D eigenvalue weighted by molar-refractivity contribution is 5.24. The van der Waals surface area contributed by atoms with Crippen LogP contribution in [0, 0.1) is 11.6 Å². The largest absolute Gasteiger partial charge is 0.386 e. The molecule has 1 unspecified atom stereocenters. The summed E-state index contributed by atoms with van der Waals surface area (Å²) in [5, 5.41) is 10.7. The second kappa shape index (κ2) is 6.19. The van der Waals surface area contributed by atoms with E-state index in [1.54, 1.807) is 0 Å². The summed E-state index contributed by atoms with van der Waals surface area (Å²) < 4.78 is 27.4. The molecule has 1 aliphatic rings. The van der Waals surface area contributed by atoms with Crippen molar-refractivity contribution in [3.63, 3.8) is 0 Å². The van der Waals surface area contributed by atoms with E-state index in [0.29, 0.717) is 12.8 Å². The molecule has 0 saturated carbocycles. The van der Waals surface area contributed by atoms with Crippen molar-refractivity contribution >= 4 is 0 Å². The maximum absolute atomic E-state index is 14.0. The third-order valence-corrected chi connectivity index (χ3v) is 4.72. The molecule has 112 valence electrons. The number of nitrogens with zero attached hydrogens (tertiary/aromatic N) is 1. The third-order valence-electron chi connectivity index (χ3n) is 4.72. The first-order valence-electron chi connectivity index (χ1n) is 7.43. The molecule has 1 saturated heterocycles. The zero-order valence-electron chi connectivity index (χ0n) is 12.2. The highest BCUT2D eigenvalue weighted by Crippen LogP contribution is 2.40. The van der Waals surface area contributed by atoms with Gasteiger partial charge in [-0.15, -0.1) is 0 Å². The van der Waals surface area contributed by atoms with Crippen LogP contribution in [-0.4, -0.2) is 28.6 Å². The van der Waals surface area contributed by atoms with Crippen molar-refractivity contribution in [2.75, 3.05) is 13.1 Å². The van der Waals surface area contributed by atoms with Gasteiger partial charge >= 0.3 is 0 Å². The third kappa shape index (κ3) is 2.59. The van der Waals surface area contributed by atoms with Crippen LogP contribution in [0.3, 0.4) is 0 Å². The minimum Gasteiger partial charge on any atom is -0.386 e. The van der Waals surface area contributed by atoms with Crippen molar-refractivity contribution in [3.8, 4) is 0 Å². The molecule has 1 fully saturated rings. The van der Waals surface area contributed by atoms with Crippen LogP contribution in [0.1, 0.15) is 51.2 Å². The van der Waals surface area contributed by atoms with Gasteiger partial charge in [0.15, 0.2) is 0 Å². The number of hydrogen-bond donors (Lipinski definition) is 1. The fourth-order valence-corrected chi connectivity index (χ4v) is 3.43. The van der Waals surface area contributed by atoms with E-state index in [-0.39, 0.29) is 5.56 Å². The first kappa shape index (κ1) is 15.4. The van der Waals surface area contributed by atoms with E-state index in [2.05, 4.69) is 4.90 Å². The molecule has 1 aromatic carbocycles. The van der Waals surface area contributed by atoms with Crippen molar-refractivity contribution in [2.45, 2.75) is 51.2 Å². The molecular formula is C16H23F2NO. The van der Waals surface area contributed by atoms with E-state index in [9.17, 15) is 13.9 Å². The van der Waals surface area contributed by atoms with E-state index in [4.69, 9.17) is 0 Å². The van der Waals surface area contributed by atoms with Gasteiger partial charge in [-0.1, -0.05) is 13.8 Å². The highest BCUT2D eigenvalue weighted by Gasteiger charge is 2.43. The second-order valence-electron chi connectivity index (χ2n) is 5.57. The van der Waals surface area contributed by atoms with Gasteiger partial charge in [-0.05, 0) is 57.0 Å². The second-order valence-corrected chi connectivity index (χ2v) is 5.57. The number of aliphatic hydroxyl groups is 1. The lowest BCUT2D eigenvalue weighted by Crippen LogP contribution is -2.51. The molecule has 1 aromatic rings. The van der Waals surface area contributed by atoms with Gasteiger partial charge in [-0.2, -0.15) is 0 Å². The van der Waals surface area contributed by atoms with Gasteiger partial charge < -0.3 is 5.11 Å². The quantitative estimate of drug-likeness (QED) is 0.891. The molecule has 0 amide bonds. The topological polar surface area (TPSA) is 23.5 Å². The molecule has 0 radical (unpaired) electrons. The molecule has 2 rings (SSSR count). The van der Waals surface area contributed by atoms with Crippen LogP contribution in [0.15, 0.2) is 18.2 Å². The standard InChI is InChI=1S/C16H23F2NO/c1-3-16(4-2,19-9-5-6-10-19)15(20)13-11-12(17)7-8-14(13)18/h7-8,11,15,20H,3-6,9-10H2,1-2H3. The van der Waals surface area contributed by atoms with Gasteiger partial charge in [-0.3, -0.25) is 4.90 Å². The molecule has 0 aliphatic carbocycles. The minimum atomic E-state index is -1.01. The van der Waals surface area contributed by atoms with Gasteiger partial charge in [0.25, 0.3) is 0 Å². The Balaban J connectivity index is 2.39.